The first-order valence-electron chi connectivity index (χ1n) is 5.39. The van der Waals surface area contributed by atoms with Gasteiger partial charge in [-0.15, -0.1) is 0 Å². The van der Waals surface area contributed by atoms with E-state index in [1.165, 1.54) is 4.90 Å². The molecule has 15 heavy (non-hydrogen) atoms. The molecular formula is C11H14N2O2. The first-order chi connectivity index (χ1) is 7.13. The minimum Gasteiger partial charge on any atom is -0.316 e. The lowest BCUT2D eigenvalue weighted by atomic mass is 10.2. The van der Waals surface area contributed by atoms with Crippen molar-refractivity contribution in [2.45, 2.75) is 19.9 Å². The average Bonchev–Trinajstić information content (AvgIpc) is 2.63. The molecule has 2 heterocycles. The second kappa shape index (κ2) is 2.70. The quantitative estimate of drug-likeness (QED) is 0.610. The number of piperidine rings is 1. The van der Waals surface area contributed by atoms with E-state index in [1.54, 1.807) is 13.8 Å². The molecule has 3 aliphatic rings. The van der Waals surface area contributed by atoms with E-state index in [4.69, 9.17) is 0 Å². The van der Waals surface area contributed by atoms with E-state index >= 15 is 0 Å². The van der Waals surface area contributed by atoms with Crippen LogP contribution in [0.3, 0.4) is 0 Å². The Kier molecular flexibility index (Phi) is 1.63. The normalized spacial score (nSPS) is 39.1. The molecule has 3 rings (SSSR count). The van der Waals surface area contributed by atoms with Crippen LogP contribution in [0.1, 0.15) is 13.8 Å². The van der Waals surface area contributed by atoms with Crippen molar-refractivity contribution in [3.63, 3.8) is 0 Å². The maximum atomic E-state index is 11.9. The Balaban J connectivity index is 1.86. The van der Waals surface area contributed by atoms with Crippen molar-refractivity contribution in [3.05, 3.63) is 11.1 Å². The molecule has 0 aromatic carbocycles. The van der Waals surface area contributed by atoms with Gasteiger partial charge in [-0.1, -0.05) is 0 Å². The van der Waals surface area contributed by atoms with Crippen molar-refractivity contribution in [1.29, 1.82) is 0 Å². The zero-order valence-electron chi connectivity index (χ0n) is 8.91. The minimum atomic E-state index is -0.0723. The topological polar surface area (TPSA) is 49.4 Å². The van der Waals surface area contributed by atoms with Crippen molar-refractivity contribution >= 4 is 11.8 Å². The molecule has 1 saturated heterocycles. The number of imide groups is 1. The third-order valence-electron chi connectivity index (χ3n) is 3.99. The summed E-state index contributed by atoms with van der Waals surface area (Å²) in [7, 11) is 0. The van der Waals surface area contributed by atoms with E-state index in [2.05, 4.69) is 5.32 Å². The predicted octanol–water partition coefficient (Wildman–Crippen LogP) is -0.0906. The molecule has 0 radical (unpaired) electrons. The summed E-state index contributed by atoms with van der Waals surface area (Å²) in [6.07, 6.45) is 0. The molecule has 2 aliphatic heterocycles. The highest BCUT2D eigenvalue weighted by atomic mass is 16.2. The Morgan fingerprint density at radius 2 is 1.53 bits per heavy atom. The van der Waals surface area contributed by atoms with Gasteiger partial charge in [0.05, 0.1) is 0 Å². The van der Waals surface area contributed by atoms with Crippen LogP contribution in [0.4, 0.5) is 0 Å². The van der Waals surface area contributed by atoms with Gasteiger partial charge in [0.2, 0.25) is 0 Å². The molecule has 1 N–H and O–H groups in total. The monoisotopic (exact) mass is 206 g/mol. The smallest absolute Gasteiger partial charge is 0.257 e. The number of carbonyl (C=O) groups is 2. The number of fused-ring (bicyclic) bond motifs is 1. The molecule has 0 spiro atoms. The largest absolute Gasteiger partial charge is 0.316 e. The summed E-state index contributed by atoms with van der Waals surface area (Å²) in [5.41, 5.74) is 1.25. The molecule has 2 unspecified atom stereocenters. The molecule has 80 valence electrons. The van der Waals surface area contributed by atoms with E-state index in [-0.39, 0.29) is 17.9 Å². The molecule has 1 saturated carbocycles. The van der Waals surface area contributed by atoms with Crippen molar-refractivity contribution < 1.29 is 9.59 Å². The Bertz CT molecular complexity index is 365. The lowest BCUT2D eigenvalue weighted by Gasteiger charge is -2.17. The molecule has 0 bridgehead atoms. The summed E-state index contributed by atoms with van der Waals surface area (Å²) in [5.74, 6) is 0.877. The van der Waals surface area contributed by atoms with Crippen LogP contribution in [0, 0.1) is 11.8 Å². The maximum absolute atomic E-state index is 11.9. The maximum Gasteiger partial charge on any atom is 0.257 e. The molecule has 0 aromatic rings. The number of hydrogen-bond donors (Lipinski definition) is 1. The summed E-state index contributed by atoms with van der Waals surface area (Å²) in [6.45, 7) is 5.38. The summed E-state index contributed by atoms with van der Waals surface area (Å²) >= 11 is 0. The van der Waals surface area contributed by atoms with Gasteiger partial charge in [0.25, 0.3) is 11.8 Å². The Morgan fingerprint density at radius 3 is 2.00 bits per heavy atom. The fourth-order valence-electron chi connectivity index (χ4n) is 2.81. The van der Waals surface area contributed by atoms with E-state index in [0.717, 1.165) is 13.1 Å². The molecule has 0 aromatic heterocycles. The highest BCUT2D eigenvalue weighted by Gasteiger charge is 2.60. The van der Waals surface area contributed by atoms with Crippen LogP contribution in [-0.4, -0.2) is 35.8 Å². The standard InChI is InChI=1S/C11H14N2O2/c1-5-6(2)11(15)13(10(5)14)9-7-3-12-4-8(7)9/h7-9,12H,3-4H2,1-2H3. The van der Waals surface area contributed by atoms with Crippen LogP contribution in [-0.2, 0) is 9.59 Å². The number of amides is 2. The van der Waals surface area contributed by atoms with E-state index < -0.39 is 0 Å². The first-order valence-corrected chi connectivity index (χ1v) is 5.39. The van der Waals surface area contributed by atoms with Crippen LogP contribution in [0.25, 0.3) is 0 Å². The highest BCUT2D eigenvalue weighted by Crippen LogP contribution is 2.47. The highest BCUT2D eigenvalue weighted by molar-refractivity contribution is 6.19. The second-order valence-corrected chi connectivity index (χ2v) is 4.71. The summed E-state index contributed by atoms with van der Waals surface area (Å²) in [6, 6.07) is 0.179. The third-order valence-corrected chi connectivity index (χ3v) is 3.99. The zero-order valence-corrected chi connectivity index (χ0v) is 8.91. The van der Waals surface area contributed by atoms with Gasteiger partial charge in [0.1, 0.15) is 0 Å². The van der Waals surface area contributed by atoms with E-state index in [1.807, 2.05) is 0 Å². The van der Waals surface area contributed by atoms with E-state index in [9.17, 15) is 9.59 Å². The predicted molar refractivity (Wildman–Crippen MR) is 53.9 cm³/mol. The van der Waals surface area contributed by atoms with Crippen LogP contribution < -0.4 is 5.32 Å². The summed E-state index contributed by atoms with van der Waals surface area (Å²) in [4.78, 5) is 25.2. The number of rotatable bonds is 1. The number of nitrogens with zero attached hydrogens (tertiary/aromatic N) is 1. The van der Waals surface area contributed by atoms with Crippen LogP contribution in [0.5, 0.6) is 0 Å². The molecular weight excluding hydrogens is 192 g/mol. The average molecular weight is 206 g/mol. The third kappa shape index (κ3) is 1.00. The van der Waals surface area contributed by atoms with Gasteiger partial charge < -0.3 is 5.32 Å². The van der Waals surface area contributed by atoms with Crippen LogP contribution >= 0.6 is 0 Å². The van der Waals surface area contributed by atoms with Crippen LogP contribution in [0.2, 0.25) is 0 Å². The minimum absolute atomic E-state index is 0.0723. The van der Waals surface area contributed by atoms with Gasteiger partial charge >= 0.3 is 0 Å². The Labute approximate surface area is 88.3 Å². The first kappa shape index (κ1) is 9.09. The lowest BCUT2D eigenvalue weighted by molar-refractivity contribution is -0.138. The van der Waals surface area contributed by atoms with Crippen molar-refractivity contribution in [2.75, 3.05) is 13.1 Å². The summed E-state index contributed by atoms with van der Waals surface area (Å²) < 4.78 is 0. The van der Waals surface area contributed by atoms with Gasteiger partial charge in [-0.2, -0.15) is 0 Å². The molecule has 4 nitrogen and oxygen atoms in total. The second-order valence-electron chi connectivity index (χ2n) is 4.71. The lowest BCUT2D eigenvalue weighted by Crippen LogP contribution is -2.38. The van der Waals surface area contributed by atoms with Crippen LogP contribution in [0.15, 0.2) is 11.1 Å². The SMILES string of the molecule is CC1=C(C)C(=O)N(C2C3CNCC32)C1=O. The number of nitrogens with one attached hydrogen (secondary N) is 1. The number of carbonyl (C=O) groups excluding carboxylic acids is 2. The van der Waals surface area contributed by atoms with Gasteiger partial charge in [-0.05, 0) is 25.7 Å². The van der Waals surface area contributed by atoms with Crippen molar-refractivity contribution in [2.24, 2.45) is 11.8 Å². The van der Waals surface area contributed by atoms with Crippen molar-refractivity contribution in [3.8, 4) is 0 Å². The van der Waals surface area contributed by atoms with E-state index in [0.29, 0.717) is 23.0 Å². The molecule has 1 aliphatic carbocycles. The summed E-state index contributed by atoms with van der Waals surface area (Å²) in [5, 5.41) is 3.26. The number of hydrogen-bond acceptors (Lipinski definition) is 3. The van der Waals surface area contributed by atoms with Crippen molar-refractivity contribution in [1.82, 2.24) is 10.2 Å². The zero-order chi connectivity index (χ0) is 10.7. The molecule has 2 amide bonds. The molecule has 2 fully saturated rings. The Morgan fingerprint density at radius 1 is 1.07 bits per heavy atom. The fraction of sp³-hybridized carbons (Fsp3) is 0.636. The van der Waals surface area contributed by atoms with Gasteiger partial charge in [0.15, 0.2) is 0 Å². The Hall–Kier alpha value is -1.16. The van der Waals surface area contributed by atoms with Gasteiger partial charge in [-0.3, -0.25) is 14.5 Å². The van der Waals surface area contributed by atoms with Gasteiger partial charge in [-0.25, -0.2) is 0 Å². The fourth-order valence-corrected chi connectivity index (χ4v) is 2.81. The molecule has 4 heteroatoms. The molecule has 2 atom stereocenters. The van der Waals surface area contributed by atoms with Gasteiger partial charge in [0, 0.05) is 30.3 Å².